The van der Waals surface area contributed by atoms with Gasteiger partial charge in [0.15, 0.2) is 0 Å². The Morgan fingerprint density at radius 3 is 2.33 bits per heavy atom. The first kappa shape index (κ1) is 24.2. The molecule has 0 aromatic heterocycles. The van der Waals surface area contributed by atoms with Gasteiger partial charge in [-0.05, 0) is 50.4 Å². The van der Waals surface area contributed by atoms with Crippen LogP contribution in [-0.4, -0.2) is 73.0 Å². The van der Waals surface area contributed by atoms with Crippen molar-refractivity contribution < 1.29 is 4.79 Å². The SMILES string of the molecule is CC(N)C1CCN(C(=O)c2cccc(CN3CCN(C)CC3)c2)CC1.Cl.Cl. The molecule has 2 N–H and O–H groups in total. The van der Waals surface area contributed by atoms with Crippen molar-refractivity contribution in [1.82, 2.24) is 14.7 Å². The van der Waals surface area contributed by atoms with Crippen LogP contribution in [0.1, 0.15) is 35.7 Å². The highest BCUT2D eigenvalue weighted by Crippen LogP contribution is 2.21. The van der Waals surface area contributed by atoms with Crippen LogP contribution in [-0.2, 0) is 6.54 Å². The molecular weight excluding hydrogens is 383 g/mol. The normalized spacial score (nSPS) is 20.5. The van der Waals surface area contributed by atoms with E-state index in [1.54, 1.807) is 0 Å². The van der Waals surface area contributed by atoms with Crippen LogP contribution in [0.4, 0.5) is 0 Å². The van der Waals surface area contributed by atoms with Gasteiger partial charge >= 0.3 is 0 Å². The maximum Gasteiger partial charge on any atom is 0.253 e. The molecule has 0 saturated carbocycles. The number of halogens is 2. The molecule has 154 valence electrons. The van der Waals surface area contributed by atoms with E-state index in [9.17, 15) is 4.79 Å². The summed E-state index contributed by atoms with van der Waals surface area (Å²) >= 11 is 0. The van der Waals surface area contributed by atoms with Gasteiger partial charge in [0.1, 0.15) is 0 Å². The highest BCUT2D eigenvalue weighted by molar-refractivity contribution is 5.94. The number of piperidine rings is 1. The number of likely N-dealkylation sites (tertiary alicyclic amines) is 1. The van der Waals surface area contributed by atoms with Gasteiger partial charge < -0.3 is 15.5 Å². The molecule has 5 nitrogen and oxygen atoms in total. The fourth-order valence-corrected chi connectivity index (χ4v) is 3.88. The zero-order chi connectivity index (χ0) is 17.8. The minimum atomic E-state index is 0. The van der Waals surface area contributed by atoms with Crippen molar-refractivity contribution in [1.29, 1.82) is 0 Å². The summed E-state index contributed by atoms with van der Waals surface area (Å²) in [6.07, 6.45) is 2.04. The van der Waals surface area contributed by atoms with Crippen molar-refractivity contribution >= 4 is 30.7 Å². The van der Waals surface area contributed by atoms with Gasteiger partial charge in [0.2, 0.25) is 0 Å². The summed E-state index contributed by atoms with van der Waals surface area (Å²) in [5.74, 6) is 0.718. The van der Waals surface area contributed by atoms with E-state index in [2.05, 4.69) is 35.9 Å². The Morgan fingerprint density at radius 2 is 1.74 bits per heavy atom. The summed E-state index contributed by atoms with van der Waals surface area (Å²) in [6, 6.07) is 8.42. The monoisotopic (exact) mass is 416 g/mol. The number of piperazine rings is 1. The fourth-order valence-electron chi connectivity index (χ4n) is 3.88. The Kier molecular flexibility index (Phi) is 10.1. The molecule has 0 spiro atoms. The molecule has 3 rings (SSSR count). The first-order chi connectivity index (χ1) is 12.0. The number of likely N-dealkylation sites (N-methyl/N-ethyl adjacent to an activating group) is 1. The number of rotatable bonds is 4. The average molecular weight is 417 g/mol. The maximum atomic E-state index is 12.8. The Morgan fingerprint density at radius 1 is 1.11 bits per heavy atom. The number of hydrogen-bond donors (Lipinski definition) is 1. The summed E-state index contributed by atoms with van der Waals surface area (Å²) in [5, 5.41) is 0. The van der Waals surface area contributed by atoms with Crippen molar-refractivity contribution in [3.63, 3.8) is 0 Å². The van der Waals surface area contributed by atoms with Gasteiger partial charge in [0.05, 0.1) is 0 Å². The number of nitrogens with two attached hydrogens (primary N) is 1. The van der Waals surface area contributed by atoms with E-state index in [1.165, 1.54) is 5.56 Å². The zero-order valence-corrected chi connectivity index (χ0v) is 18.1. The van der Waals surface area contributed by atoms with Gasteiger partial charge in [-0.3, -0.25) is 9.69 Å². The lowest BCUT2D eigenvalue weighted by Crippen LogP contribution is -2.44. The molecule has 2 saturated heterocycles. The van der Waals surface area contributed by atoms with E-state index in [1.807, 2.05) is 17.0 Å². The number of carbonyl (C=O) groups is 1. The highest BCUT2D eigenvalue weighted by atomic mass is 35.5. The van der Waals surface area contributed by atoms with Crippen LogP contribution in [0, 0.1) is 5.92 Å². The van der Waals surface area contributed by atoms with E-state index in [4.69, 9.17) is 5.73 Å². The molecule has 0 bridgehead atoms. The summed E-state index contributed by atoms with van der Waals surface area (Å²) in [4.78, 5) is 19.7. The van der Waals surface area contributed by atoms with Gasteiger partial charge in [0, 0.05) is 57.4 Å². The quantitative estimate of drug-likeness (QED) is 0.818. The topological polar surface area (TPSA) is 52.8 Å². The predicted octanol–water partition coefficient (Wildman–Crippen LogP) is 2.48. The maximum absolute atomic E-state index is 12.8. The first-order valence-corrected chi connectivity index (χ1v) is 9.57. The van der Waals surface area contributed by atoms with Crippen molar-refractivity contribution in [2.24, 2.45) is 11.7 Å². The molecule has 1 aromatic rings. The van der Waals surface area contributed by atoms with Crippen molar-refractivity contribution in [2.75, 3.05) is 46.3 Å². The number of benzene rings is 1. The molecule has 2 heterocycles. The van der Waals surface area contributed by atoms with Gasteiger partial charge in [-0.25, -0.2) is 0 Å². The number of hydrogen-bond acceptors (Lipinski definition) is 4. The molecule has 1 atom stereocenters. The summed E-state index contributed by atoms with van der Waals surface area (Å²) < 4.78 is 0. The highest BCUT2D eigenvalue weighted by Gasteiger charge is 2.25. The first-order valence-electron chi connectivity index (χ1n) is 9.57. The molecule has 1 amide bonds. The third kappa shape index (κ3) is 6.61. The van der Waals surface area contributed by atoms with Gasteiger partial charge in [-0.1, -0.05) is 12.1 Å². The molecule has 1 aromatic carbocycles. The Balaban J connectivity index is 0.00000182. The van der Waals surface area contributed by atoms with E-state index < -0.39 is 0 Å². The predicted molar refractivity (Wildman–Crippen MR) is 116 cm³/mol. The Hall–Kier alpha value is -0.850. The second-order valence-corrected chi connectivity index (χ2v) is 7.77. The van der Waals surface area contributed by atoms with Crippen molar-refractivity contribution in [3.05, 3.63) is 35.4 Å². The third-order valence-corrected chi connectivity index (χ3v) is 5.75. The molecule has 1 unspecified atom stereocenters. The fraction of sp³-hybridized carbons (Fsp3) is 0.650. The van der Waals surface area contributed by atoms with Gasteiger partial charge in [-0.15, -0.1) is 24.8 Å². The van der Waals surface area contributed by atoms with Crippen LogP contribution < -0.4 is 5.73 Å². The van der Waals surface area contributed by atoms with E-state index >= 15 is 0 Å². The molecule has 0 radical (unpaired) electrons. The minimum Gasteiger partial charge on any atom is -0.339 e. The molecule has 2 fully saturated rings. The Labute approximate surface area is 176 Å². The lowest BCUT2D eigenvalue weighted by Gasteiger charge is -2.34. The lowest BCUT2D eigenvalue weighted by atomic mass is 9.90. The smallest absolute Gasteiger partial charge is 0.253 e. The standard InChI is InChI=1S/C20H32N4O.2ClH/c1-16(21)18-6-8-24(9-7-18)20(25)19-5-3-4-17(14-19)15-23-12-10-22(2)11-13-23;;/h3-5,14,16,18H,6-13,15,21H2,1-2H3;2*1H. The van der Waals surface area contributed by atoms with Gasteiger partial charge in [-0.2, -0.15) is 0 Å². The van der Waals surface area contributed by atoms with Crippen LogP contribution in [0.5, 0.6) is 0 Å². The van der Waals surface area contributed by atoms with Crippen LogP contribution in [0.15, 0.2) is 24.3 Å². The second-order valence-electron chi connectivity index (χ2n) is 7.77. The lowest BCUT2D eigenvalue weighted by molar-refractivity contribution is 0.0680. The van der Waals surface area contributed by atoms with E-state index in [-0.39, 0.29) is 36.8 Å². The Bertz CT molecular complexity index is 583. The molecule has 2 aliphatic rings. The van der Waals surface area contributed by atoms with Gasteiger partial charge in [0.25, 0.3) is 5.91 Å². The molecular formula is C20H34Cl2N4O. The summed E-state index contributed by atoms with van der Waals surface area (Å²) in [5.41, 5.74) is 8.07. The van der Waals surface area contributed by atoms with Crippen LogP contribution >= 0.6 is 24.8 Å². The molecule has 0 aliphatic carbocycles. The number of amides is 1. The average Bonchev–Trinajstić information content (AvgIpc) is 2.63. The number of carbonyl (C=O) groups excluding carboxylic acids is 1. The molecule has 2 aliphatic heterocycles. The molecule has 7 heteroatoms. The zero-order valence-electron chi connectivity index (χ0n) is 16.5. The third-order valence-electron chi connectivity index (χ3n) is 5.75. The molecule has 27 heavy (non-hydrogen) atoms. The largest absolute Gasteiger partial charge is 0.339 e. The summed E-state index contributed by atoms with van der Waals surface area (Å²) in [7, 11) is 2.17. The van der Waals surface area contributed by atoms with E-state index in [0.29, 0.717) is 5.92 Å². The van der Waals surface area contributed by atoms with E-state index in [0.717, 1.165) is 64.2 Å². The second kappa shape index (κ2) is 11.2. The summed E-state index contributed by atoms with van der Waals surface area (Å²) in [6.45, 7) is 9.09. The van der Waals surface area contributed by atoms with Crippen molar-refractivity contribution in [2.45, 2.75) is 32.4 Å². The van der Waals surface area contributed by atoms with Crippen LogP contribution in [0.2, 0.25) is 0 Å². The van der Waals surface area contributed by atoms with Crippen molar-refractivity contribution in [3.8, 4) is 0 Å². The number of nitrogens with zero attached hydrogens (tertiary/aromatic N) is 3. The van der Waals surface area contributed by atoms with Crippen LogP contribution in [0.3, 0.4) is 0 Å². The van der Waals surface area contributed by atoms with Crippen LogP contribution in [0.25, 0.3) is 0 Å². The minimum absolute atomic E-state index is 0.